The third-order valence-corrected chi connectivity index (χ3v) is 13.2. The zero-order valence-corrected chi connectivity index (χ0v) is 33.4. The molecule has 0 radical (unpaired) electrons. The van der Waals surface area contributed by atoms with Crippen LogP contribution in [0.25, 0.3) is 22.3 Å². The zero-order valence-electron chi connectivity index (χ0n) is 33.4. The van der Waals surface area contributed by atoms with Gasteiger partial charge >= 0.3 is 0 Å². The van der Waals surface area contributed by atoms with Crippen molar-refractivity contribution in [1.82, 2.24) is 39.8 Å². The standard InChI is InChI=1S/C45H45F2N9O5/c46-35-19-34-33(43(59)55(44(34)60)36-12-13-37(57)51-42(36)58)18-28(35)7-6-26-20-45(47,21-26)24-53-22-30(23-53)54-16-14-29(15-17-54)56-41-38(40(48)49-25-50-41)39(52-56)27-8-10-32(11-9-27)61-31-4-2-1-3-5-31/h1-5,8-11,18-19,25-26,29-30,36H,6-7,12-17,20-24H2,(H2,48,49,50)(H,51,57,58). The van der Waals surface area contributed by atoms with E-state index < -0.39 is 41.2 Å². The molecule has 1 atom stereocenters. The smallest absolute Gasteiger partial charge is 0.262 e. The Hall–Kier alpha value is -6.13. The summed E-state index contributed by atoms with van der Waals surface area (Å²) in [5.41, 5.74) is 7.72. The number of piperidine rings is 2. The van der Waals surface area contributed by atoms with Gasteiger partial charge < -0.3 is 10.5 Å². The molecule has 1 unspecified atom stereocenters. The number of benzene rings is 3. The van der Waals surface area contributed by atoms with Crippen LogP contribution in [-0.4, -0.2) is 109 Å². The second-order valence-corrected chi connectivity index (χ2v) is 17.2. The van der Waals surface area contributed by atoms with Crippen molar-refractivity contribution in [2.24, 2.45) is 5.92 Å². The minimum absolute atomic E-state index is 0.00311. The summed E-state index contributed by atoms with van der Waals surface area (Å²) < 4.78 is 39.1. The Morgan fingerprint density at radius 1 is 0.869 bits per heavy atom. The highest BCUT2D eigenvalue weighted by Crippen LogP contribution is 2.45. The number of fused-ring (bicyclic) bond motifs is 2. The molecule has 1 saturated carbocycles. The second-order valence-electron chi connectivity index (χ2n) is 17.2. The fraction of sp³-hybridized carbons (Fsp3) is 0.400. The number of aromatic nitrogens is 4. The van der Waals surface area contributed by atoms with Crippen LogP contribution in [0.5, 0.6) is 11.5 Å². The first kappa shape index (κ1) is 39.0. The fourth-order valence-electron chi connectivity index (χ4n) is 9.95. The minimum Gasteiger partial charge on any atom is -0.457 e. The Morgan fingerprint density at radius 3 is 2.30 bits per heavy atom. The summed E-state index contributed by atoms with van der Waals surface area (Å²) in [4.78, 5) is 64.6. The first-order valence-electron chi connectivity index (χ1n) is 21.0. The van der Waals surface area contributed by atoms with Crippen LogP contribution >= 0.6 is 0 Å². The SMILES string of the molecule is Nc1ncnc2c1c(-c1ccc(Oc3ccccc3)cc1)nn2C1CCN(C2CN(CC3(F)CC(CCc4cc5c(cc4F)C(=O)N(C4CCC(=O)NC4=O)C5=O)C3)C2)CC1. The number of carbonyl (C=O) groups is 4. The van der Waals surface area contributed by atoms with Gasteiger partial charge in [0.1, 0.15) is 46.9 Å². The van der Waals surface area contributed by atoms with Gasteiger partial charge in [0.05, 0.1) is 22.6 Å². The third kappa shape index (κ3) is 7.30. The van der Waals surface area contributed by atoms with Crippen LogP contribution in [0.15, 0.2) is 73.1 Å². The fourth-order valence-corrected chi connectivity index (χ4v) is 9.95. The van der Waals surface area contributed by atoms with Gasteiger partial charge in [-0.2, -0.15) is 5.10 Å². The number of likely N-dealkylation sites (tertiary alicyclic amines) is 2. The number of hydrogen-bond acceptors (Lipinski definition) is 11. The molecule has 14 nitrogen and oxygen atoms in total. The summed E-state index contributed by atoms with van der Waals surface area (Å²) in [7, 11) is 0. The number of carbonyl (C=O) groups excluding carboxylic acids is 4. The first-order valence-corrected chi connectivity index (χ1v) is 21.0. The molecule has 4 aliphatic heterocycles. The van der Waals surface area contributed by atoms with Crippen molar-refractivity contribution in [2.75, 3.05) is 38.5 Å². The molecule has 0 spiro atoms. The van der Waals surface area contributed by atoms with Crippen LogP contribution in [0.4, 0.5) is 14.6 Å². The number of alkyl halides is 1. The van der Waals surface area contributed by atoms with Gasteiger partial charge in [0.2, 0.25) is 11.8 Å². The Bertz CT molecular complexity index is 2550. The topological polar surface area (TPSA) is 169 Å². The molecule has 1 aliphatic carbocycles. The van der Waals surface area contributed by atoms with E-state index >= 15 is 8.78 Å². The molecular formula is C45H45F2N9O5. The van der Waals surface area contributed by atoms with Crippen molar-refractivity contribution < 1.29 is 32.7 Å². The van der Waals surface area contributed by atoms with Crippen molar-refractivity contribution in [3.8, 4) is 22.8 Å². The van der Waals surface area contributed by atoms with E-state index in [-0.39, 0.29) is 41.5 Å². The van der Waals surface area contributed by atoms with E-state index in [0.29, 0.717) is 49.8 Å². The Morgan fingerprint density at radius 2 is 1.57 bits per heavy atom. The lowest BCUT2D eigenvalue weighted by Crippen LogP contribution is -2.64. The number of anilines is 1. The van der Waals surface area contributed by atoms with Gasteiger partial charge in [-0.15, -0.1) is 0 Å². The largest absolute Gasteiger partial charge is 0.457 e. The number of nitrogens with zero attached hydrogens (tertiary/aromatic N) is 7. The molecule has 3 N–H and O–H groups in total. The molecule has 4 fully saturated rings. The number of nitrogens with two attached hydrogens (primary N) is 1. The van der Waals surface area contributed by atoms with E-state index in [1.165, 1.54) is 12.4 Å². The molecule has 5 aliphatic rings. The summed E-state index contributed by atoms with van der Waals surface area (Å²) in [6.07, 6.45) is 4.94. The number of rotatable bonds is 11. The number of ether oxygens (including phenoxy) is 1. The monoisotopic (exact) mass is 829 g/mol. The van der Waals surface area contributed by atoms with Gasteiger partial charge in [-0.05, 0) is 105 Å². The van der Waals surface area contributed by atoms with Crippen LogP contribution in [0.3, 0.4) is 0 Å². The Kier molecular flexibility index (Phi) is 9.86. The molecule has 61 heavy (non-hydrogen) atoms. The maximum atomic E-state index is 15.9. The van der Waals surface area contributed by atoms with Gasteiger partial charge in [0.15, 0.2) is 5.65 Å². The number of hydrogen-bond donors (Lipinski definition) is 2. The molecule has 6 heterocycles. The quantitative estimate of drug-likeness (QED) is 0.162. The molecule has 10 rings (SSSR count). The predicted octanol–water partition coefficient (Wildman–Crippen LogP) is 5.48. The number of amides is 4. The van der Waals surface area contributed by atoms with Crippen molar-refractivity contribution in [3.63, 3.8) is 0 Å². The molecule has 16 heteroatoms. The lowest BCUT2D eigenvalue weighted by Gasteiger charge is -2.52. The van der Waals surface area contributed by atoms with Gasteiger partial charge in [0, 0.05) is 50.7 Å². The summed E-state index contributed by atoms with van der Waals surface area (Å²) >= 11 is 0. The molecular weight excluding hydrogens is 785 g/mol. The zero-order chi connectivity index (χ0) is 42.0. The molecule has 2 aromatic heterocycles. The normalized spacial score (nSPS) is 23.9. The van der Waals surface area contributed by atoms with Crippen molar-refractivity contribution in [3.05, 3.63) is 95.6 Å². The molecule has 314 valence electrons. The van der Waals surface area contributed by atoms with E-state index in [1.54, 1.807) is 0 Å². The van der Waals surface area contributed by atoms with Gasteiger partial charge in [-0.3, -0.25) is 39.2 Å². The Balaban J connectivity index is 0.698. The van der Waals surface area contributed by atoms with E-state index in [1.807, 2.05) is 59.3 Å². The third-order valence-electron chi connectivity index (χ3n) is 13.2. The molecule has 3 aromatic carbocycles. The number of nitrogens with one attached hydrogen (secondary N) is 1. The number of aryl methyl sites for hydroxylation is 1. The summed E-state index contributed by atoms with van der Waals surface area (Å²) in [6, 6.07) is 19.2. The predicted molar refractivity (Wildman–Crippen MR) is 220 cm³/mol. The van der Waals surface area contributed by atoms with Gasteiger partial charge in [-0.25, -0.2) is 23.4 Å². The number of halogens is 2. The molecule has 4 amide bonds. The van der Waals surface area contributed by atoms with Crippen LogP contribution in [0.1, 0.15) is 77.3 Å². The minimum atomic E-state index is -1.29. The number of para-hydroxylation sites is 1. The lowest BCUT2D eigenvalue weighted by molar-refractivity contribution is -0.136. The highest BCUT2D eigenvalue weighted by Gasteiger charge is 2.48. The number of nitrogen functional groups attached to an aromatic ring is 1. The van der Waals surface area contributed by atoms with Gasteiger partial charge in [-0.1, -0.05) is 18.2 Å². The van der Waals surface area contributed by atoms with E-state index in [9.17, 15) is 19.2 Å². The van der Waals surface area contributed by atoms with Crippen LogP contribution in [0.2, 0.25) is 0 Å². The maximum absolute atomic E-state index is 15.9. The van der Waals surface area contributed by atoms with Crippen molar-refractivity contribution in [1.29, 1.82) is 0 Å². The average molecular weight is 830 g/mol. The number of imide groups is 2. The molecule has 5 aromatic rings. The van der Waals surface area contributed by atoms with Crippen LogP contribution in [-0.2, 0) is 16.0 Å². The molecule has 3 saturated heterocycles. The van der Waals surface area contributed by atoms with Crippen molar-refractivity contribution >= 4 is 40.5 Å². The summed E-state index contributed by atoms with van der Waals surface area (Å²) in [5, 5.41) is 7.97. The molecule has 0 bridgehead atoms. The average Bonchev–Trinajstić information content (AvgIpc) is 3.73. The first-order chi connectivity index (χ1) is 29.5. The lowest BCUT2D eigenvalue weighted by atomic mass is 9.69. The summed E-state index contributed by atoms with van der Waals surface area (Å²) in [6.45, 7) is 3.78. The summed E-state index contributed by atoms with van der Waals surface area (Å²) in [5.74, 6) is -1.26. The Labute approximate surface area is 350 Å². The van der Waals surface area contributed by atoms with E-state index in [0.717, 1.165) is 78.0 Å². The highest BCUT2D eigenvalue weighted by molar-refractivity contribution is 6.23. The maximum Gasteiger partial charge on any atom is 0.262 e. The second kappa shape index (κ2) is 15.4. The van der Waals surface area contributed by atoms with Gasteiger partial charge in [0.25, 0.3) is 11.8 Å². The highest BCUT2D eigenvalue weighted by atomic mass is 19.1. The van der Waals surface area contributed by atoms with E-state index in [2.05, 4.69) is 25.1 Å². The van der Waals surface area contributed by atoms with Crippen LogP contribution < -0.4 is 15.8 Å². The van der Waals surface area contributed by atoms with Crippen LogP contribution in [0, 0.1) is 11.7 Å². The van der Waals surface area contributed by atoms with E-state index in [4.69, 9.17) is 15.6 Å². The van der Waals surface area contributed by atoms with Crippen molar-refractivity contribution in [2.45, 2.75) is 75.2 Å².